The van der Waals surface area contributed by atoms with Gasteiger partial charge in [-0.1, -0.05) is 6.58 Å². The standard InChI is InChI=1S/C11H18O10S2.2K/c1-9(11(13)21-5-3-7-23(17,18)19)8-10(12)20-4-2-6-22(14,15)16;;/h1-8H2,(H,14,15,16)(H,17,18,19);;. The predicted octanol–water partition coefficient (Wildman–Crippen LogP) is -1.19. The topological polar surface area (TPSA) is 161 Å². The molecule has 2 radical (unpaired) electrons. The van der Waals surface area contributed by atoms with Crippen LogP contribution < -0.4 is 0 Å². The van der Waals surface area contributed by atoms with Gasteiger partial charge in [-0.05, 0) is 12.8 Å². The molecule has 0 saturated carbocycles. The van der Waals surface area contributed by atoms with Crippen LogP contribution >= 0.6 is 0 Å². The Bertz CT molecular complexity index is 642. The molecule has 136 valence electrons. The van der Waals surface area contributed by atoms with Crippen molar-refractivity contribution >= 4 is 135 Å². The minimum atomic E-state index is -4.13. The molecule has 0 rings (SSSR count). The van der Waals surface area contributed by atoms with Gasteiger partial charge in [-0.15, -0.1) is 0 Å². The summed E-state index contributed by atoms with van der Waals surface area (Å²) in [4.78, 5) is 22.7. The van der Waals surface area contributed by atoms with E-state index in [9.17, 15) is 26.4 Å². The number of hydrogen-bond acceptors (Lipinski definition) is 8. The third-order valence-corrected chi connectivity index (χ3v) is 3.85. The van der Waals surface area contributed by atoms with Crippen LogP contribution in [-0.4, -0.2) is 165 Å². The molecule has 0 atom stereocenters. The fraction of sp³-hybridized carbons (Fsp3) is 0.636. The van der Waals surface area contributed by atoms with Crippen LogP contribution in [-0.2, 0) is 39.3 Å². The summed E-state index contributed by atoms with van der Waals surface area (Å²) >= 11 is 0. The summed E-state index contributed by atoms with van der Waals surface area (Å²) in [6, 6.07) is 0. The zero-order chi connectivity index (χ0) is 18.1. The zero-order valence-electron chi connectivity index (χ0n) is 14.1. The van der Waals surface area contributed by atoms with Gasteiger partial charge in [-0.25, -0.2) is 4.79 Å². The van der Waals surface area contributed by atoms with Crippen LogP contribution in [0.4, 0.5) is 0 Å². The first-order valence-corrected chi connectivity index (χ1v) is 9.53. The molecule has 0 heterocycles. The van der Waals surface area contributed by atoms with Gasteiger partial charge < -0.3 is 9.47 Å². The van der Waals surface area contributed by atoms with E-state index in [0.29, 0.717) is 0 Å². The second-order valence-corrected chi connectivity index (χ2v) is 7.56. The van der Waals surface area contributed by atoms with Crippen molar-refractivity contribution in [3.8, 4) is 0 Å². The third kappa shape index (κ3) is 21.9. The van der Waals surface area contributed by atoms with Gasteiger partial charge in [0, 0.05) is 108 Å². The first-order chi connectivity index (χ1) is 10.4. The maximum Gasteiger partial charge on any atom is 0.333 e. The molecular weight excluding hydrogens is 434 g/mol. The number of carbonyl (C=O) groups excluding carboxylic acids is 2. The quantitative estimate of drug-likeness (QED) is 0.128. The summed E-state index contributed by atoms with van der Waals surface area (Å²) in [5, 5.41) is 0. The number of esters is 2. The molecule has 0 spiro atoms. The Morgan fingerprint density at radius 2 is 1.24 bits per heavy atom. The van der Waals surface area contributed by atoms with Crippen molar-refractivity contribution in [2.75, 3.05) is 24.7 Å². The monoisotopic (exact) mass is 452 g/mol. The van der Waals surface area contributed by atoms with Crippen LogP contribution in [0.25, 0.3) is 0 Å². The predicted molar refractivity (Wildman–Crippen MR) is 89.2 cm³/mol. The number of hydrogen-bond donors (Lipinski definition) is 2. The van der Waals surface area contributed by atoms with Crippen LogP contribution in [0.5, 0.6) is 0 Å². The average Bonchev–Trinajstić information content (AvgIpc) is 2.37. The van der Waals surface area contributed by atoms with Crippen LogP contribution in [0.15, 0.2) is 12.2 Å². The molecule has 0 aromatic carbocycles. The molecule has 14 heteroatoms. The summed E-state index contributed by atoms with van der Waals surface area (Å²) in [5.41, 5.74) is -0.225. The van der Waals surface area contributed by atoms with Crippen molar-refractivity contribution in [3.63, 3.8) is 0 Å². The van der Waals surface area contributed by atoms with E-state index in [1.807, 2.05) is 0 Å². The molecule has 0 fully saturated rings. The molecule has 0 aliphatic heterocycles. The van der Waals surface area contributed by atoms with E-state index in [1.165, 1.54) is 0 Å². The van der Waals surface area contributed by atoms with Crippen molar-refractivity contribution in [1.82, 2.24) is 0 Å². The van der Waals surface area contributed by atoms with E-state index in [2.05, 4.69) is 16.1 Å². The molecule has 2 N–H and O–H groups in total. The molecule has 0 saturated heterocycles. The third-order valence-electron chi connectivity index (χ3n) is 2.24. The largest absolute Gasteiger partial charge is 0.465 e. The van der Waals surface area contributed by atoms with Gasteiger partial charge in [0.1, 0.15) is 0 Å². The average molecular weight is 453 g/mol. The van der Waals surface area contributed by atoms with E-state index < -0.39 is 50.1 Å². The van der Waals surface area contributed by atoms with Gasteiger partial charge in [0.25, 0.3) is 20.2 Å². The fourth-order valence-corrected chi connectivity index (χ4v) is 2.20. The van der Waals surface area contributed by atoms with Crippen molar-refractivity contribution < 1.29 is 45.0 Å². The molecule has 0 aliphatic carbocycles. The summed E-state index contributed by atoms with van der Waals surface area (Å²) in [5.74, 6) is -2.88. The normalized spacial score (nSPS) is 10.8. The SMILES string of the molecule is C=C(CC(=O)OCCCS(=O)(=O)O)C(=O)OCCCS(=O)(=O)O.[K].[K]. The smallest absolute Gasteiger partial charge is 0.333 e. The van der Waals surface area contributed by atoms with Crippen molar-refractivity contribution in [3.05, 3.63) is 12.2 Å². The molecule has 25 heavy (non-hydrogen) atoms. The Hall–Kier alpha value is 1.77. The Labute approximate surface area is 231 Å². The van der Waals surface area contributed by atoms with Gasteiger partial charge in [0.15, 0.2) is 0 Å². The Morgan fingerprint density at radius 3 is 1.64 bits per heavy atom. The second-order valence-electron chi connectivity index (χ2n) is 4.42. The van der Waals surface area contributed by atoms with Crippen molar-refractivity contribution in [2.45, 2.75) is 19.3 Å². The molecule has 0 aliphatic rings. The van der Waals surface area contributed by atoms with E-state index in [0.717, 1.165) is 0 Å². The maximum absolute atomic E-state index is 11.4. The number of ether oxygens (including phenoxy) is 2. The van der Waals surface area contributed by atoms with Gasteiger partial charge in [0.05, 0.1) is 31.1 Å². The minimum Gasteiger partial charge on any atom is -0.465 e. The van der Waals surface area contributed by atoms with E-state index in [4.69, 9.17) is 9.11 Å². The molecular formula is C11H18K2O10S2. The van der Waals surface area contributed by atoms with Gasteiger partial charge in [0.2, 0.25) is 0 Å². The van der Waals surface area contributed by atoms with Crippen molar-refractivity contribution in [2.24, 2.45) is 0 Å². The summed E-state index contributed by atoms with van der Waals surface area (Å²) < 4.78 is 67.9. The van der Waals surface area contributed by atoms with Gasteiger partial charge in [-0.2, -0.15) is 16.8 Å². The van der Waals surface area contributed by atoms with Gasteiger partial charge in [-0.3, -0.25) is 13.9 Å². The van der Waals surface area contributed by atoms with Crippen LogP contribution in [0.1, 0.15) is 19.3 Å². The van der Waals surface area contributed by atoms with E-state index >= 15 is 0 Å². The Balaban J connectivity index is -0.00000242. The maximum atomic E-state index is 11.4. The van der Waals surface area contributed by atoms with E-state index in [1.54, 1.807) is 0 Å². The molecule has 0 amide bonds. The second kappa shape index (κ2) is 15.7. The molecule has 0 aromatic heterocycles. The molecule has 0 bridgehead atoms. The summed E-state index contributed by atoms with van der Waals surface area (Å²) in [7, 11) is -8.26. The number of rotatable bonds is 11. The minimum absolute atomic E-state index is 0. The Morgan fingerprint density at radius 1 is 0.840 bits per heavy atom. The first kappa shape index (κ1) is 31.5. The first-order valence-electron chi connectivity index (χ1n) is 6.31. The number of carbonyl (C=O) groups is 2. The van der Waals surface area contributed by atoms with E-state index in [-0.39, 0.29) is 134 Å². The van der Waals surface area contributed by atoms with Crippen LogP contribution in [0.3, 0.4) is 0 Å². The van der Waals surface area contributed by atoms with Crippen LogP contribution in [0, 0.1) is 0 Å². The zero-order valence-corrected chi connectivity index (χ0v) is 22.0. The molecule has 0 unspecified atom stereocenters. The Kier molecular flexibility index (Phi) is 19.7. The van der Waals surface area contributed by atoms with Crippen molar-refractivity contribution in [1.29, 1.82) is 0 Å². The molecule has 10 nitrogen and oxygen atoms in total. The fourth-order valence-electron chi connectivity index (χ4n) is 1.23. The summed E-state index contributed by atoms with van der Waals surface area (Å²) in [6.45, 7) is 2.78. The molecule has 0 aromatic rings. The van der Waals surface area contributed by atoms with Crippen LogP contribution in [0.2, 0.25) is 0 Å². The van der Waals surface area contributed by atoms with Gasteiger partial charge >= 0.3 is 11.9 Å². The summed E-state index contributed by atoms with van der Waals surface area (Å²) in [6.07, 6.45) is -0.696.